The van der Waals surface area contributed by atoms with Crippen molar-refractivity contribution in [1.82, 2.24) is 0 Å². The van der Waals surface area contributed by atoms with Gasteiger partial charge in [0.2, 0.25) is 0 Å². The third-order valence-corrected chi connectivity index (χ3v) is 3.13. The monoisotopic (exact) mass is 118 g/mol. The smallest absolute Gasteiger partial charge is 0.0505 e. The first-order valence-electron chi connectivity index (χ1n) is 2.66. The van der Waals surface area contributed by atoms with Crippen LogP contribution in [0.5, 0.6) is 0 Å². The van der Waals surface area contributed by atoms with Gasteiger partial charge in [-0.25, -0.2) is 0 Å². The van der Waals surface area contributed by atoms with Gasteiger partial charge < -0.3 is 4.74 Å². The summed E-state index contributed by atoms with van der Waals surface area (Å²) in [7, 11) is 0.383. The summed E-state index contributed by atoms with van der Waals surface area (Å²) in [6.45, 7) is 4.38. The molecule has 0 unspecified atom stereocenters. The summed E-state index contributed by atoms with van der Waals surface area (Å²) in [6.07, 6.45) is 2.66. The topological polar surface area (TPSA) is 9.23 Å². The fourth-order valence-corrected chi connectivity index (χ4v) is 1.76. The van der Waals surface area contributed by atoms with Crippen LogP contribution >= 0.6 is 7.92 Å². The summed E-state index contributed by atoms with van der Waals surface area (Å²) in [5.41, 5.74) is 0. The molecule has 0 radical (unpaired) electrons. The van der Waals surface area contributed by atoms with Gasteiger partial charge in [-0.3, -0.25) is 0 Å². The number of ether oxygens (including phenoxy) is 1. The zero-order valence-electron chi connectivity index (χ0n) is 4.68. The van der Waals surface area contributed by atoms with E-state index in [1.807, 2.05) is 0 Å². The maximum absolute atomic E-state index is 5.16. The second kappa shape index (κ2) is 2.64. The molecule has 0 spiro atoms. The number of hydrogen-bond donors (Lipinski definition) is 0. The van der Waals surface area contributed by atoms with Crippen molar-refractivity contribution < 1.29 is 4.74 Å². The zero-order chi connectivity index (χ0) is 5.11. The van der Waals surface area contributed by atoms with Gasteiger partial charge in [-0.1, -0.05) is 0 Å². The van der Waals surface area contributed by atoms with E-state index in [1.54, 1.807) is 0 Å². The highest BCUT2D eigenvalue weighted by atomic mass is 31.1. The van der Waals surface area contributed by atoms with E-state index in [0.717, 1.165) is 13.2 Å². The van der Waals surface area contributed by atoms with Gasteiger partial charge >= 0.3 is 0 Å². The van der Waals surface area contributed by atoms with E-state index in [9.17, 15) is 0 Å². The average Bonchev–Trinajstić information content (AvgIpc) is 1.69. The normalized spacial score (nSPS) is 25.3. The van der Waals surface area contributed by atoms with E-state index >= 15 is 0 Å². The highest BCUT2D eigenvalue weighted by molar-refractivity contribution is 7.56. The molecular weight excluding hydrogens is 107 g/mol. The summed E-state index contributed by atoms with van der Waals surface area (Å²) < 4.78 is 5.16. The van der Waals surface area contributed by atoms with E-state index in [0.29, 0.717) is 7.92 Å². The molecule has 0 bridgehead atoms. The Morgan fingerprint density at radius 1 is 1.29 bits per heavy atom. The van der Waals surface area contributed by atoms with Crippen molar-refractivity contribution in [1.29, 1.82) is 0 Å². The van der Waals surface area contributed by atoms with Crippen LogP contribution in [-0.2, 0) is 4.74 Å². The molecule has 0 aromatic carbocycles. The molecule has 1 fully saturated rings. The molecule has 1 nitrogen and oxygen atoms in total. The Hall–Kier alpha value is 0.390. The van der Waals surface area contributed by atoms with E-state index in [2.05, 4.69) is 6.66 Å². The van der Waals surface area contributed by atoms with Crippen molar-refractivity contribution in [3.63, 3.8) is 0 Å². The second-order valence-electron chi connectivity index (χ2n) is 1.92. The minimum Gasteiger partial charge on any atom is -0.381 e. The largest absolute Gasteiger partial charge is 0.381 e. The first kappa shape index (κ1) is 5.53. The highest BCUT2D eigenvalue weighted by Gasteiger charge is 2.05. The van der Waals surface area contributed by atoms with Crippen molar-refractivity contribution in [2.45, 2.75) is 0 Å². The minimum atomic E-state index is 0.383. The molecule has 0 N–H and O–H groups in total. The van der Waals surface area contributed by atoms with Crippen LogP contribution in [0.15, 0.2) is 0 Å². The molecule has 0 saturated carbocycles. The van der Waals surface area contributed by atoms with Gasteiger partial charge in [-0.2, -0.15) is 0 Å². The fourth-order valence-electron chi connectivity index (χ4n) is 0.655. The first-order valence-corrected chi connectivity index (χ1v) is 4.82. The third kappa shape index (κ3) is 1.75. The Kier molecular flexibility index (Phi) is 2.08. The van der Waals surface area contributed by atoms with Crippen LogP contribution in [0.2, 0.25) is 0 Å². The lowest BCUT2D eigenvalue weighted by Crippen LogP contribution is -2.11. The van der Waals surface area contributed by atoms with Gasteiger partial charge in [0.05, 0.1) is 13.2 Å². The van der Waals surface area contributed by atoms with Crippen LogP contribution < -0.4 is 0 Å². The Bertz CT molecular complexity index is 50.0. The lowest BCUT2D eigenvalue weighted by Gasteiger charge is -2.17. The Morgan fingerprint density at radius 3 is 2.14 bits per heavy atom. The molecule has 1 aliphatic heterocycles. The molecule has 2 heteroatoms. The summed E-state index contributed by atoms with van der Waals surface area (Å²) in [5, 5.41) is 0. The molecule has 7 heavy (non-hydrogen) atoms. The Labute approximate surface area is 45.8 Å². The second-order valence-corrected chi connectivity index (χ2v) is 4.52. The standard InChI is InChI=1S/C5H11OP/c1-7-4-2-6-3-5-7/h2-5H2,1H3. The van der Waals surface area contributed by atoms with Crippen LogP contribution in [0.25, 0.3) is 0 Å². The van der Waals surface area contributed by atoms with Crippen molar-refractivity contribution >= 4 is 7.92 Å². The Morgan fingerprint density at radius 2 is 1.86 bits per heavy atom. The van der Waals surface area contributed by atoms with Gasteiger partial charge in [0.15, 0.2) is 0 Å². The summed E-state index contributed by atoms with van der Waals surface area (Å²) in [4.78, 5) is 0. The number of hydrogen-bond acceptors (Lipinski definition) is 1. The molecular formula is C5H11OP. The SMILES string of the molecule is CP1CCOCC1. The molecule has 0 aliphatic carbocycles. The molecule has 1 saturated heterocycles. The fraction of sp³-hybridized carbons (Fsp3) is 1.00. The van der Waals surface area contributed by atoms with E-state index in [1.165, 1.54) is 12.3 Å². The van der Waals surface area contributed by atoms with Crippen molar-refractivity contribution in [2.75, 3.05) is 32.2 Å². The Balaban J connectivity index is 2.12. The summed E-state index contributed by atoms with van der Waals surface area (Å²) in [5.74, 6) is 0. The molecule has 42 valence electrons. The van der Waals surface area contributed by atoms with Gasteiger partial charge in [0, 0.05) is 0 Å². The van der Waals surface area contributed by atoms with Crippen molar-refractivity contribution in [3.8, 4) is 0 Å². The molecule has 0 amide bonds. The quantitative estimate of drug-likeness (QED) is 0.433. The predicted octanol–water partition coefficient (Wildman–Crippen LogP) is 1.13. The zero-order valence-corrected chi connectivity index (χ0v) is 5.58. The van der Waals surface area contributed by atoms with Crippen LogP contribution in [0.4, 0.5) is 0 Å². The van der Waals surface area contributed by atoms with E-state index < -0.39 is 0 Å². The predicted molar refractivity (Wildman–Crippen MR) is 33.4 cm³/mol. The maximum atomic E-state index is 5.16. The van der Waals surface area contributed by atoms with E-state index in [4.69, 9.17) is 4.74 Å². The van der Waals surface area contributed by atoms with Gasteiger partial charge in [0.1, 0.15) is 0 Å². The molecule has 0 aromatic heterocycles. The van der Waals surface area contributed by atoms with Gasteiger partial charge in [0.25, 0.3) is 0 Å². The molecule has 1 heterocycles. The maximum Gasteiger partial charge on any atom is 0.0505 e. The van der Waals surface area contributed by atoms with Crippen LogP contribution in [0.1, 0.15) is 0 Å². The average molecular weight is 118 g/mol. The molecule has 0 aromatic rings. The minimum absolute atomic E-state index is 0.383. The first-order chi connectivity index (χ1) is 3.39. The van der Waals surface area contributed by atoms with Gasteiger partial charge in [-0.15, -0.1) is 7.92 Å². The lowest BCUT2D eigenvalue weighted by atomic mass is 10.8. The molecule has 1 rings (SSSR count). The summed E-state index contributed by atoms with van der Waals surface area (Å²) >= 11 is 0. The highest BCUT2D eigenvalue weighted by Crippen LogP contribution is 2.31. The van der Waals surface area contributed by atoms with Crippen molar-refractivity contribution in [3.05, 3.63) is 0 Å². The lowest BCUT2D eigenvalue weighted by molar-refractivity contribution is 0.158. The van der Waals surface area contributed by atoms with Crippen LogP contribution in [0, 0.1) is 0 Å². The molecule has 0 atom stereocenters. The van der Waals surface area contributed by atoms with Crippen molar-refractivity contribution in [2.24, 2.45) is 0 Å². The van der Waals surface area contributed by atoms with Crippen LogP contribution in [-0.4, -0.2) is 32.2 Å². The third-order valence-electron chi connectivity index (χ3n) is 1.23. The van der Waals surface area contributed by atoms with E-state index in [-0.39, 0.29) is 0 Å². The number of rotatable bonds is 0. The molecule has 1 aliphatic rings. The van der Waals surface area contributed by atoms with Crippen LogP contribution in [0.3, 0.4) is 0 Å². The summed E-state index contributed by atoms with van der Waals surface area (Å²) in [6, 6.07) is 0. The van der Waals surface area contributed by atoms with Gasteiger partial charge in [-0.05, 0) is 19.0 Å².